The average Bonchev–Trinajstić information content (AvgIpc) is 2.40. The highest BCUT2D eigenvalue weighted by Crippen LogP contribution is 2.19. The number of rotatable bonds is 5. The van der Waals surface area contributed by atoms with E-state index in [0.717, 1.165) is 6.26 Å². The van der Waals surface area contributed by atoms with E-state index in [0.29, 0.717) is 0 Å². The minimum Gasteiger partial charge on any atom is -0.369 e. The third-order valence-electron chi connectivity index (χ3n) is 2.42. The first-order chi connectivity index (χ1) is 7.28. The van der Waals surface area contributed by atoms with Crippen LogP contribution in [-0.2, 0) is 14.8 Å². The summed E-state index contributed by atoms with van der Waals surface area (Å²) in [6.07, 6.45) is 0.217. The van der Waals surface area contributed by atoms with Crippen molar-refractivity contribution in [3.8, 4) is 0 Å². The molecule has 0 aliphatic carbocycles. The van der Waals surface area contributed by atoms with E-state index in [1.807, 2.05) is 0 Å². The molecular weight excluding hydrogens is 237 g/mol. The van der Waals surface area contributed by atoms with Crippen molar-refractivity contribution in [1.82, 2.24) is 9.62 Å². The molecule has 8 heteroatoms. The van der Waals surface area contributed by atoms with Gasteiger partial charge in [-0.2, -0.15) is 0 Å². The average molecular weight is 253 g/mol. The molecule has 2 atom stereocenters. The van der Waals surface area contributed by atoms with Crippen molar-refractivity contribution in [3.05, 3.63) is 0 Å². The molecule has 0 aromatic heterocycles. The summed E-state index contributed by atoms with van der Waals surface area (Å²) >= 11 is 0. The van der Waals surface area contributed by atoms with Gasteiger partial charge in [0.15, 0.2) is 0 Å². The molecule has 3 N–H and O–H groups in total. The predicted molar refractivity (Wildman–Crippen MR) is 56.9 cm³/mol. The van der Waals surface area contributed by atoms with Crippen molar-refractivity contribution in [1.29, 1.82) is 0 Å². The largest absolute Gasteiger partial charge is 0.369 e. The Morgan fingerprint density at radius 2 is 2.25 bits per heavy atom. The van der Waals surface area contributed by atoms with Gasteiger partial charge in [0.25, 0.3) is 0 Å². The number of amides is 1. The van der Waals surface area contributed by atoms with Crippen LogP contribution in [0.25, 0.3) is 0 Å². The van der Waals surface area contributed by atoms with Crippen molar-refractivity contribution >= 4 is 15.9 Å². The van der Waals surface area contributed by atoms with Gasteiger partial charge >= 0.3 is 0 Å². The first-order valence-electron chi connectivity index (χ1n) is 4.89. The van der Waals surface area contributed by atoms with Gasteiger partial charge in [-0.3, -0.25) is 9.69 Å². The number of nitrogens with one attached hydrogen (secondary N) is 1. The Kier molecular flexibility index (Phi) is 4.22. The van der Waals surface area contributed by atoms with Gasteiger partial charge in [0.05, 0.1) is 12.8 Å². The van der Waals surface area contributed by atoms with E-state index in [4.69, 9.17) is 5.73 Å². The number of hydrogen-bond donors (Lipinski definition) is 2. The maximum absolute atomic E-state index is 13.1. The van der Waals surface area contributed by atoms with Crippen LogP contribution >= 0.6 is 0 Å². The van der Waals surface area contributed by atoms with Crippen LogP contribution in [0.1, 0.15) is 6.42 Å². The number of hydrogen-bond acceptors (Lipinski definition) is 4. The SMILES string of the molecule is CS(=O)(=O)NC[C@H]1C[C@H](F)CN1CC(N)=O. The number of nitrogens with two attached hydrogens (primary N) is 1. The van der Waals surface area contributed by atoms with Crippen molar-refractivity contribution in [2.24, 2.45) is 5.73 Å². The maximum Gasteiger partial charge on any atom is 0.231 e. The van der Waals surface area contributed by atoms with Crippen molar-refractivity contribution < 1.29 is 17.6 Å². The van der Waals surface area contributed by atoms with E-state index in [-0.39, 0.29) is 32.1 Å². The number of carbonyl (C=O) groups excluding carboxylic acids is 1. The highest BCUT2D eigenvalue weighted by atomic mass is 32.2. The molecule has 1 amide bonds. The Hall–Kier alpha value is -0.730. The number of nitrogens with zero attached hydrogens (tertiary/aromatic N) is 1. The second-order valence-electron chi connectivity index (χ2n) is 4.00. The van der Waals surface area contributed by atoms with Gasteiger partial charge in [-0.25, -0.2) is 17.5 Å². The van der Waals surface area contributed by atoms with Crippen LogP contribution in [0.15, 0.2) is 0 Å². The molecule has 6 nitrogen and oxygen atoms in total. The predicted octanol–water partition coefficient (Wildman–Crippen LogP) is -1.57. The van der Waals surface area contributed by atoms with E-state index in [2.05, 4.69) is 4.72 Å². The molecule has 1 rings (SSSR count). The zero-order chi connectivity index (χ0) is 12.3. The standard InChI is InChI=1S/C8H16FN3O3S/c1-16(14,15)11-3-7-2-6(9)4-12(7)5-8(10)13/h6-7,11H,2-5H2,1H3,(H2,10,13)/t6-,7+/m0/s1. The first kappa shape index (κ1) is 13.3. The third-order valence-corrected chi connectivity index (χ3v) is 3.11. The van der Waals surface area contributed by atoms with E-state index < -0.39 is 22.1 Å². The highest BCUT2D eigenvalue weighted by molar-refractivity contribution is 7.88. The summed E-state index contributed by atoms with van der Waals surface area (Å²) in [5.41, 5.74) is 5.02. The number of likely N-dealkylation sites (tertiary alicyclic amines) is 1. The van der Waals surface area contributed by atoms with Crippen LogP contribution in [0.5, 0.6) is 0 Å². The molecule has 1 heterocycles. The van der Waals surface area contributed by atoms with Gasteiger partial charge in [-0.1, -0.05) is 0 Å². The molecule has 0 aromatic carbocycles. The second-order valence-corrected chi connectivity index (χ2v) is 5.84. The Morgan fingerprint density at radius 1 is 1.62 bits per heavy atom. The van der Waals surface area contributed by atoms with E-state index in [9.17, 15) is 17.6 Å². The molecule has 1 saturated heterocycles. The number of primary amides is 1. The zero-order valence-electron chi connectivity index (χ0n) is 9.02. The topological polar surface area (TPSA) is 92.5 Å². The van der Waals surface area contributed by atoms with Crippen LogP contribution in [0.4, 0.5) is 4.39 Å². The van der Waals surface area contributed by atoms with Gasteiger partial charge in [0, 0.05) is 19.1 Å². The smallest absolute Gasteiger partial charge is 0.231 e. The van der Waals surface area contributed by atoms with Crippen LogP contribution in [0.2, 0.25) is 0 Å². The van der Waals surface area contributed by atoms with Crippen LogP contribution in [-0.4, -0.2) is 57.3 Å². The molecule has 0 saturated carbocycles. The summed E-state index contributed by atoms with van der Waals surface area (Å²) in [4.78, 5) is 12.3. The van der Waals surface area contributed by atoms with E-state index in [1.165, 1.54) is 0 Å². The summed E-state index contributed by atoms with van der Waals surface area (Å²) < 4.78 is 37.2. The van der Waals surface area contributed by atoms with Gasteiger partial charge < -0.3 is 5.73 Å². The lowest BCUT2D eigenvalue weighted by Crippen LogP contribution is -2.43. The Morgan fingerprint density at radius 3 is 2.75 bits per heavy atom. The molecule has 1 fully saturated rings. The molecule has 1 aliphatic rings. The fourth-order valence-electron chi connectivity index (χ4n) is 1.78. The minimum absolute atomic E-state index is 0.0451. The fraction of sp³-hybridized carbons (Fsp3) is 0.875. The summed E-state index contributed by atoms with van der Waals surface area (Å²) in [5.74, 6) is -0.543. The summed E-state index contributed by atoms with van der Waals surface area (Å²) in [5, 5.41) is 0. The maximum atomic E-state index is 13.1. The van der Waals surface area contributed by atoms with Crippen molar-refractivity contribution in [3.63, 3.8) is 0 Å². The summed E-state index contributed by atoms with van der Waals surface area (Å²) in [6, 6.07) is -0.308. The Balaban J connectivity index is 2.52. The van der Waals surface area contributed by atoms with Gasteiger partial charge in [0.2, 0.25) is 15.9 Å². The molecule has 0 aromatic rings. The van der Waals surface area contributed by atoms with Crippen molar-refractivity contribution in [2.45, 2.75) is 18.6 Å². The lowest BCUT2D eigenvalue weighted by Gasteiger charge is -2.22. The number of alkyl halides is 1. The lowest BCUT2D eigenvalue weighted by molar-refractivity contribution is -0.119. The van der Waals surface area contributed by atoms with Gasteiger partial charge in [0.1, 0.15) is 6.17 Å². The molecular formula is C8H16FN3O3S. The first-order valence-corrected chi connectivity index (χ1v) is 6.78. The van der Waals surface area contributed by atoms with E-state index >= 15 is 0 Å². The second kappa shape index (κ2) is 5.07. The van der Waals surface area contributed by atoms with Crippen LogP contribution in [0, 0.1) is 0 Å². The zero-order valence-corrected chi connectivity index (χ0v) is 9.84. The van der Waals surface area contributed by atoms with E-state index in [1.54, 1.807) is 4.90 Å². The molecule has 94 valence electrons. The fourth-order valence-corrected chi connectivity index (χ4v) is 2.27. The van der Waals surface area contributed by atoms with Crippen LogP contribution in [0.3, 0.4) is 0 Å². The molecule has 0 radical (unpaired) electrons. The summed E-state index contributed by atoms with van der Waals surface area (Å²) in [7, 11) is -3.30. The molecule has 1 aliphatic heterocycles. The van der Waals surface area contributed by atoms with Crippen LogP contribution < -0.4 is 10.5 Å². The van der Waals surface area contributed by atoms with Gasteiger partial charge in [-0.05, 0) is 6.42 Å². The molecule has 0 bridgehead atoms. The number of sulfonamides is 1. The lowest BCUT2D eigenvalue weighted by atomic mass is 10.2. The highest BCUT2D eigenvalue weighted by Gasteiger charge is 2.32. The third kappa shape index (κ3) is 4.42. The quantitative estimate of drug-likeness (QED) is 0.619. The number of carbonyl (C=O) groups is 1. The Labute approximate surface area is 94.0 Å². The Bertz CT molecular complexity index is 360. The monoisotopic (exact) mass is 253 g/mol. The summed E-state index contributed by atoms with van der Waals surface area (Å²) in [6.45, 7) is 0.183. The van der Waals surface area contributed by atoms with Crippen molar-refractivity contribution in [2.75, 3.05) is 25.9 Å². The number of halogens is 1. The molecule has 16 heavy (non-hydrogen) atoms. The normalized spacial score (nSPS) is 27.1. The minimum atomic E-state index is -3.30. The molecule has 0 unspecified atom stereocenters. The van der Waals surface area contributed by atoms with Gasteiger partial charge in [-0.15, -0.1) is 0 Å². The molecule has 0 spiro atoms.